The Morgan fingerprint density at radius 1 is 1.14 bits per heavy atom. The van der Waals surface area contributed by atoms with Crippen molar-refractivity contribution in [1.29, 1.82) is 0 Å². The number of carbonyl (C=O) groups excluding carboxylic acids is 1. The van der Waals surface area contributed by atoms with Crippen LogP contribution in [-0.4, -0.2) is 32.9 Å². The van der Waals surface area contributed by atoms with E-state index in [9.17, 15) is 14.7 Å². The molecule has 0 unspecified atom stereocenters. The van der Waals surface area contributed by atoms with Gasteiger partial charge in [0, 0.05) is 25.4 Å². The molecular weight excluding hydrogens is 268 g/mol. The van der Waals surface area contributed by atoms with Crippen molar-refractivity contribution in [3.63, 3.8) is 0 Å². The van der Waals surface area contributed by atoms with Gasteiger partial charge in [-0.1, -0.05) is 24.3 Å². The summed E-state index contributed by atoms with van der Waals surface area (Å²) in [6.07, 6.45) is 3.37. The number of benzene rings is 1. The number of aromatic nitrogens is 1. The highest BCUT2D eigenvalue weighted by molar-refractivity contribution is 5.96. The van der Waals surface area contributed by atoms with Crippen LogP contribution in [0.3, 0.4) is 0 Å². The maximum absolute atomic E-state index is 12.5. The monoisotopic (exact) mass is 282 g/mol. The molecule has 1 aromatic heterocycles. The lowest BCUT2D eigenvalue weighted by Crippen LogP contribution is -2.48. The van der Waals surface area contributed by atoms with Gasteiger partial charge in [0.15, 0.2) is 0 Å². The zero-order chi connectivity index (χ0) is 14.8. The molecule has 5 nitrogen and oxygen atoms in total. The molecule has 0 radical (unpaired) electrons. The van der Waals surface area contributed by atoms with Crippen molar-refractivity contribution < 1.29 is 14.7 Å². The predicted octanol–water partition coefficient (Wildman–Crippen LogP) is 1.73. The van der Waals surface area contributed by atoms with Crippen LogP contribution >= 0.6 is 0 Å². The van der Waals surface area contributed by atoms with Gasteiger partial charge < -0.3 is 10.0 Å². The summed E-state index contributed by atoms with van der Waals surface area (Å²) in [6, 6.07) is 10.1. The minimum absolute atomic E-state index is 0.301. The first-order valence-corrected chi connectivity index (χ1v) is 6.67. The number of rotatable bonds is 2. The number of aliphatic carboxylic acids is 1. The molecule has 3 rings (SSSR count). The lowest BCUT2D eigenvalue weighted by molar-refractivity contribution is -0.142. The van der Waals surface area contributed by atoms with Crippen molar-refractivity contribution in [3.8, 4) is 0 Å². The fraction of sp³-hybridized carbons (Fsp3) is 0.188. The summed E-state index contributed by atoms with van der Waals surface area (Å²) in [5, 5.41) is 9.42. The Morgan fingerprint density at radius 2 is 1.90 bits per heavy atom. The number of carboxylic acids is 1. The summed E-state index contributed by atoms with van der Waals surface area (Å²) >= 11 is 0. The summed E-state index contributed by atoms with van der Waals surface area (Å²) in [6.45, 7) is 0.306. The normalized spacial score (nSPS) is 17.1. The maximum atomic E-state index is 12.5. The predicted molar refractivity (Wildman–Crippen MR) is 75.7 cm³/mol. The second-order valence-corrected chi connectivity index (χ2v) is 5.00. The molecule has 1 aliphatic heterocycles. The summed E-state index contributed by atoms with van der Waals surface area (Å²) in [7, 11) is 0. The van der Waals surface area contributed by atoms with E-state index in [-0.39, 0.29) is 5.91 Å². The molecule has 1 aliphatic rings. The molecule has 2 heterocycles. The number of hydrogen-bond acceptors (Lipinski definition) is 3. The van der Waals surface area contributed by atoms with Crippen molar-refractivity contribution in [3.05, 3.63) is 65.5 Å². The summed E-state index contributed by atoms with van der Waals surface area (Å²) < 4.78 is 0. The van der Waals surface area contributed by atoms with Crippen LogP contribution in [0.25, 0.3) is 0 Å². The van der Waals surface area contributed by atoms with Crippen LogP contribution in [0.15, 0.2) is 48.8 Å². The zero-order valence-electron chi connectivity index (χ0n) is 11.3. The molecule has 2 aromatic rings. The lowest BCUT2D eigenvalue weighted by atomic mass is 9.93. The Labute approximate surface area is 121 Å². The van der Waals surface area contributed by atoms with Gasteiger partial charge in [0.05, 0.1) is 5.56 Å². The molecule has 0 saturated heterocycles. The highest BCUT2D eigenvalue weighted by Crippen LogP contribution is 2.25. The second kappa shape index (κ2) is 5.36. The third-order valence-corrected chi connectivity index (χ3v) is 3.70. The van der Waals surface area contributed by atoms with Crippen molar-refractivity contribution in [2.24, 2.45) is 0 Å². The fourth-order valence-corrected chi connectivity index (χ4v) is 2.61. The molecule has 1 amide bonds. The highest BCUT2D eigenvalue weighted by Gasteiger charge is 2.34. The first kappa shape index (κ1) is 13.3. The first-order chi connectivity index (χ1) is 10.2. The van der Waals surface area contributed by atoms with Crippen LogP contribution in [0, 0.1) is 0 Å². The van der Waals surface area contributed by atoms with Crippen molar-refractivity contribution >= 4 is 11.9 Å². The Bertz CT molecular complexity index is 685. The van der Waals surface area contributed by atoms with E-state index in [0.717, 1.165) is 11.1 Å². The van der Waals surface area contributed by atoms with E-state index in [4.69, 9.17) is 0 Å². The fourth-order valence-electron chi connectivity index (χ4n) is 2.61. The highest BCUT2D eigenvalue weighted by atomic mass is 16.4. The summed E-state index contributed by atoms with van der Waals surface area (Å²) in [5.41, 5.74) is 2.38. The Morgan fingerprint density at radius 3 is 2.57 bits per heavy atom. The molecule has 0 fully saturated rings. The van der Waals surface area contributed by atoms with Crippen LogP contribution in [0.5, 0.6) is 0 Å². The van der Waals surface area contributed by atoms with E-state index in [0.29, 0.717) is 18.5 Å². The van der Waals surface area contributed by atoms with Crippen LogP contribution in [0.2, 0.25) is 0 Å². The van der Waals surface area contributed by atoms with E-state index in [1.54, 1.807) is 18.3 Å². The second-order valence-electron chi connectivity index (χ2n) is 5.00. The first-order valence-electron chi connectivity index (χ1n) is 6.67. The molecule has 1 atom stereocenters. The average Bonchev–Trinajstić information content (AvgIpc) is 2.53. The minimum atomic E-state index is -0.984. The third-order valence-electron chi connectivity index (χ3n) is 3.70. The number of hydrogen-bond donors (Lipinski definition) is 1. The smallest absolute Gasteiger partial charge is 0.326 e. The van der Waals surface area contributed by atoms with E-state index < -0.39 is 12.0 Å². The number of carboxylic acid groups (broad SMARTS) is 1. The van der Waals surface area contributed by atoms with E-state index in [1.807, 2.05) is 24.3 Å². The largest absolute Gasteiger partial charge is 0.480 e. The average molecular weight is 282 g/mol. The molecular formula is C16H14N2O3. The molecule has 21 heavy (non-hydrogen) atoms. The van der Waals surface area contributed by atoms with Gasteiger partial charge in [0.25, 0.3) is 5.91 Å². The van der Waals surface area contributed by atoms with Crippen molar-refractivity contribution in [2.75, 3.05) is 0 Å². The summed E-state index contributed by atoms with van der Waals surface area (Å²) in [5.74, 6) is -1.29. The van der Waals surface area contributed by atoms with E-state index in [2.05, 4.69) is 4.98 Å². The topological polar surface area (TPSA) is 70.5 Å². The maximum Gasteiger partial charge on any atom is 0.326 e. The third kappa shape index (κ3) is 2.50. The number of pyridine rings is 1. The van der Waals surface area contributed by atoms with Crippen molar-refractivity contribution in [2.45, 2.75) is 19.0 Å². The quantitative estimate of drug-likeness (QED) is 0.910. The molecule has 0 bridgehead atoms. The van der Waals surface area contributed by atoms with Crippen LogP contribution in [0.1, 0.15) is 21.5 Å². The Balaban J connectivity index is 1.96. The van der Waals surface area contributed by atoms with Gasteiger partial charge in [-0.25, -0.2) is 4.79 Å². The molecule has 5 heteroatoms. The Hall–Kier alpha value is -2.69. The van der Waals surface area contributed by atoms with Crippen molar-refractivity contribution in [1.82, 2.24) is 9.88 Å². The molecule has 1 aromatic carbocycles. The summed E-state index contributed by atoms with van der Waals surface area (Å²) in [4.78, 5) is 29.4. The van der Waals surface area contributed by atoms with Crippen LogP contribution in [0.4, 0.5) is 0 Å². The molecule has 106 valence electrons. The number of amides is 1. The molecule has 0 saturated carbocycles. The van der Waals surface area contributed by atoms with Gasteiger partial charge >= 0.3 is 5.97 Å². The lowest BCUT2D eigenvalue weighted by Gasteiger charge is -2.34. The molecule has 0 spiro atoms. The number of fused-ring (bicyclic) bond motifs is 1. The van der Waals surface area contributed by atoms with Gasteiger partial charge in [0.1, 0.15) is 6.04 Å². The van der Waals surface area contributed by atoms with Gasteiger partial charge in [-0.2, -0.15) is 0 Å². The number of carbonyl (C=O) groups is 2. The SMILES string of the molecule is O=C(O)[C@H]1Cc2ccccc2CN1C(=O)c1cccnc1. The molecule has 0 aliphatic carbocycles. The van der Waals surface area contributed by atoms with Gasteiger partial charge in [0.2, 0.25) is 0 Å². The van der Waals surface area contributed by atoms with E-state index in [1.165, 1.54) is 11.1 Å². The van der Waals surface area contributed by atoms with Gasteiger partial charge in [-0.15, -0.1) is 0 Å². The molecule has 1 N–H and O–H groups in total. The standard InChI is InChI=1S/C16H14N2O3/c19-15(12-6-3-7-17-9-12)18-10-13-5-2-1-4-11(13)8-14(18)16(20)21/h1-7,9,14H,8,10H2,(H,20,21)/t14-/m1/s1. The number of nitrogens with zero attached hydrogens (tertiary/aromatic N) is 2. The van der Waals surface area contributed by atoms with Gasteiger partial charge in [-0.05, 0) is 23.3 Å². The van der Waals surface area contributed by atoms with Gasteiger partial charge in [-0.3, -0.25) is 9.78 Å². The van der Waals surface area contributed by atoms with Crippen LogP contribution < -0.4 is 0 Å². The minimum Gasteiger partial charge on any atom is -0.480 e. The van der Waals surface area contributed by atoms with E-state index >= 15 is 0 Å². The zero-order valence-corrected chi connectivity index (χ0v) is 11.3. The van der Waals surface area contributed by atoms with Crippen LogP contribution in [-0.2, 0) is 17.8 Å². The Kier molecular flexibility index (Phi) is 3.39.